The van der Waals surface area contributed by atoms with Crippen LogP contribution in [0.3, 0.4) is 0 Å². The molecule has 7 N–H and O–H groups in total. The molecule has 0 radical (unpaired) electrons. The van der Waals surface area contributed by atoms with Gasteiger partial charge in [-0.15, -0.1) is 0 Å². The average Bonchev–Trinajstić information content (AvgIpc) is 2.91. The van der Waals surface area contributed by atoms with Crippen LogP contribution in [0.4, 0.5) is 0 Å². The van der Waals surface area contributed by atoms with Crippen LogP contribution in [0.1, 0.15) is 48.0 Å². The first kappa shape index (κ1) is 34.5. The Balaban J connectivity index is 0.00000163. The molecule has 14 unspecified atom stereocenters. The Morgan fingerprint density at radius 3 is 1.76 bits per heavy atom. The highest BCUT2D eigenvalue weighted by molar-refractivity contribution is 4.93. The number of methoxy groups -OCH3 is 1. The molecule has 3 saturated heterocycles. The van der Waals surface area contributed by atoms with E-state index < -0.39 is 86.8 Å². The molecule has 222 valence electrons. The second-order valence-corrected chi connectivity index (χ2v) is 8.81. The summed E-state index contributed by atoms with van der Waals surface area (Å²) in [6.07, 6.45) is -15.7. The van der Waals surface area contributed by atoms with Gasteiger partial charge in [-0.05, 0) is 13.8 Å². The van der Waals surface area contributed by atoms with Crippen molar-refractivity contribution in [2.75, 3.05) is 20.3 Å². The number of ether oxygens (including phenoxy) is 6. The Labute approximate surface area is 218 Å². The van der Waals surface area contributed by atoms with Gasteiger partial charge in [-0.25, -0.2) is 0 Å². The molecule has 3 aliphatic heterocycles. The standard InChI is InChI=1S/C20H36O13.2C2H6/c1-7-4-9(28-3)18(8(2)30-7)33-20-17(27)15(25)13(23)11(32-20)6-29-19-16(26)14(24)12(22)10(5-21)31-19;2*1-2/h7-27H,4-6H2,1-3H3;2*1-2H3. The first-order chi connectivity index (χ1) is 17.6. The summed E-state index contributed by atoms with van der Waals surface area (Å²) in [5.74, 6) is 0. The topological polar surface area (TPSA) is 197 Å². The Kier molecular flexibility index (Phi) is 15.4. The van der Waals surface area contributed by atoms with Crippen molar-refractivity contribution in [3.63, 3.8) is 0 Å². The quantitative estimate of drug-likeness (QED) is 0.191. The van der Waals surface area contributed by atoms with Gasteiger partial charge in [0.05, 0.1) is 31.5 Å². The van der Waals surface area contributed by atoms with E-state index >= 15 is 0 Å². The van der Waals surface area contributed by atoms with Crippen molar-refractivity contribution in [2.45, 2.75) is 134 Å². The Hall–Kier alpha value is -0.520. The van der Waals surface area contributed by atoms with E-state index in [1.165, 1.54) is 7.11 Å². The van der Waals surface area contributed by atoms with Crippen LogP contribution >= 0.6 is 0 Å². The summed E-state index contributed by atoms with van der Waals surface area (Å²) in [6.45, 7) is 10.6. The lowest BCUT2D eigenvalue weighted by Gasteiger charge is -2.45. The van der Waals surface area contributed by atoms with E-state index in [0.29, 0.717) is 6.42 Å². The van der Waals surface area contributed by atoms with Crippen molar-refractivity contribution in [1.82, 2.24) is 0 Å². The van der Waals surface area contributed by atoms with E-state index in [1.807, 2.05) is 34.6 Å². The maximum atomic E-state index is 10.4. The van der Waals surface area contributed by atoms with Crippen LogP contribution in [0, 0.1) is 0 Å². The lowest BCUT2D eigenvalue weighted by Crippen LogP contribution is -2.63. The van der Waals surface area contributed by atoms with Gasteiger partial charge in [0.25, 0.3) is 0 Å². The minimum absolute atomic E-state index is 0.0610. The summed E-state index contributed by atoms with van der Waals surface area (Å²) >= 11 is 0. The van der Waals surface area contributed by atoms with Gasteiger partial charge < -0.3 is 64.2 Å². The molecule has 13 heteroatoms. The van der Waals surface area contributed by atoms with E-state index in [2.05, 4.69) is 0 Å². The van der Waals surface area contributed by atoms with Gasteiger partial charge in [0.2, 0.25) is 0 Å². The summed E-state index contributed by atoms with van der Waals surface area (Å²) in [7, 11) is 1.53. The van der Waals surface area contributed by atoms with Gasteiger partial charge in [-0.2, -0.15) is 0 Å². The SMILES string of the molecule is CC.CC.COC1CC(C)OC(C)C1OC1OC(COC2OC(CO)C(O)C(O)C2O)C(O)C(O)C1O. The van der Waals surface area contributed by atoms with E-state index in [1.54, 1.807) is 6.92 Å². The van der Waals surface area contributed by atoms with Gasteiger partial charge in [0.15, 0.2) is 12.6 Å². The minimum Gasteiger partial charge on any atom is -0.394 e. The molecule has 0 saturated carbocycles. The van der Waals surface area contributed by atoms with Crippen molar-refractivity contribution in [2.24, 2.45) is 0 Å². The number of aliphatic hydroxyl groups is 7. The number of hydrogen-bond donors (Lipinski definition) is 7. The molecule has 14 atom stereocenters. The van der Waals surface area contributed by atoms with Crippen molar-refractivity contribution >= 4 is 0 Å². The van der Waals surface area contributed by atoms with E-state index in [0.717, 1.165) is 0 Å². The fourth-order valence-corrected chi connectivity index (χ4v) is 4.41. The maximum absolute atomic E-state index is 10.4. The normalized spacial score (nSPS) is 46.2. The third-order valence-corrected chi connectivity index (χ3v) is 6.38. The molecule has 3 heterocycles. The van der Waals surface area contributed by atoms with E-state index in [-0.39, 0.29) is 12.2 Å². The molecular formula is C24H48O13. The smallest absolute Gasteiger partial charge is 0.187 e. The molecular weight excluding hydrogens is 496 g/mol. The fourth-order valence-electron chi connectivity index (χ4n) is 4.41. The molecule has 0 aromatic carbocycles. The summed E-state index contributed by atoms with van der Waals surface area (Å²) < 4.78 is 33.5. The summed E-state index contributed by atoms with van der Waals surface area (Å²) in [5, 5.41) is 70.2. The molecule has 0 bridgehead atoms. The molecule has 0 aromatic rings. The second kappa shape index (κ2) is 16.6. The largest absolute Gasteiger partial charge is 0.394 e. The van der Waals surface area contributed by atoms with Crippen molar-refractivity contribution in [3.8, 4) is 0 Å². The zero-order valence-corrected chi connectivity index (χ0v) is 22.8. The second-order valence-electron chi connectivity index (χ2n) is 8.81. The number of hydrogen-bond acceptors (Lipinski definition) is 13. The predicted octanol–water partition coefficient (Wildman–Crippen LogP) is -1.74. The summed E-state index contributed by atoms with van der Waals surface area (Å²) in [5.41, 5.74) is 0. The lowest BCUT2D eigenvalue weighted by molar-refractivity contribution is -0.346. The van der Waals surface area contributed by atoms with Crippen LogP contribution in [-0.2, 0) is 28.4 Å². The highest BCUT2D eigenvalue weighted by atomic mass is 16.7. The maximum Gasteiger partial charge on any atom is 0.187 e. The zero-order valence-electron chi connectivity index (χ0n) is 22.8. The van der Waals surface area contributed by atoms with Gasteiger partial charge in [-0.3, -0.25) is 0 Å². The van der Waals surface area contributed by atoms with Gasteiger partial charge in [-0.1, -0.05) is 27.7 Å². The molecule has 3 rings (SSSR count). The third-order valence-electron chi connectivity index (χ3n) is 6.38. The van der Waals surface area contributed by atoms with E-state index in [4.69, 9.17) is 28.4 Å². The molecule has 0 spiro atoms. The molecule has 0 aliphatic carbocycles. The van der Waals surface area contributed by atoms with Crippen molar-refractivity contribution < 1.29 is 64.2 Å². The minimum atomic E-state index is -1.64. The van der Waals surface area contributed by atoms with Crippen LogP contribution in [0.2, 0.25) is 0 Å². The fraction of sp³-hybridized carbons (Fsp3) is 1.00. The van der Waals surface area contributed by atoms with E-state index in [9.17, 15) is 35.7 Å². The van der Waals surface area contributed by atoms with Crippen LogP contribution in [-0.4, -0.2) is 142 Å². The van der Waals surface area contributed by atoms with Crippen molar-refractivity contribution in [3.05, 3.63) is 0 Å². The average molecular weight is 545 g/mol. The molecule has 37 heavy (non-hydrogen) atoms. The predicted molar refractivity (Wildman–Crippen MR) is 129 cm³/mol. The summed E-state index contributed by atoms with van der Waals surface area (Å²) in [6, 6.07) is 0. The molecule has 13 nitrogen and oxygen atoms in total. The molecule has 0 aromatic heterocycles. The Bertz CT molecular complexity index is 611. The van der Waals surface area contributed by atoms with Gasteiger partial charge in [0, 0.05) is 13.5 Å². The summed E-state index contributed by atoms with van der Waals surface area (Å²) in [4.78, 5) is 0. The van der Waals surface area contributed by atoms with Crippen LogP contribution in [0.25, 0.3) is 0 Å². The Morgan fingerprint density at radius 1 is 0.703 bits per heavy atom. The lowest BCUT2D eigenvalue weighted by atomic mass is 9.97. The van der Waals surface area contributed by atoms with Crippen molar-refractivity contribution in [1.29, 1.82) is 0 Å². The van der Waals surface area contributed by atoms with Gasteiger partial charge >= 0.3 is 0 Å². The highest BCUT2D eigenvalue weighted by Gasteiger charge is 2.49. The zero-order chi connectivity index (χ0) is 28.4. The molecule has 3 aliphatic rings. The first-order valence-corrected chi connectivity index (χ1v) is 13.0. The number of aliphatic hydroxyl groups excluding tert-OH is 7. The van der Waals surface area contributed by atoms with Crippen LogP contribution < -0.4 is 0 Å². The molecule has 3 fully saturated rings. The van der Waals surface area contributed by atoms with Crippen LogP contribution in [0.5, 0.6) is 0 Å². The molecule has 0 amide bonds. The first-order valence-electron chi connectivity index (χ1n) is 13.0. The highest BCUT2D eigenvalue weighted by Crippen LogP contribution is 2.30. The van der Waals surface area contributed by atoms with Gasteiger partial charge in [0.1, 0.15) is 54.9 Å². The number of rotatable bonds is 7. The monoisotopic (exact) mass is 544 g/mol. The van der Waals surface area contributed by atoms with Crippen LogP contribution in [0.15, 0.2) is 0 Å². The Morgan fingerprint density at radius 2 is 1.22 bits per heavy atom. The third kappa shape index (κ3) is 8.48.